The first-order valence-corrected chi connectivity index (χ1v) is 14.4. The van der Waals surface area contributed by atoms with E-state index in [9.17, 15) is 19.2 Å². The molecular formula is C31H46O6. The van der Waals surface area contributed by atoms with Crippen molar-refractivity contribution in [3.63, 3.8) is 0 Å². The average Bonchev–Trinajstić information content (AvgIpc) is 3.10. The number of ketones is 2. The summed E-state index contributed by atoms with van der Waals surface area (Å²) in [5.74, 6) is 0.932. The Labute approximate surface area is 222 Å². The van der Waals surface area contributed by atoms with Gasteiger partial charge in [-0.3, -0.25) is 19.2 Å². The average molecular weight is 515 g/mol. The molecular weight excluding hydrogens is 468 g/mol. The molecule has 3 fully saturated rings. The highest BCUT2D eigenvalue weighted by atomic mass is 16.5. The second-order valence-electron chi connectivity index (χ2n) is 13.1. The standard InChI is InChI=1S/C31H46O6/c1-18(17-36-20(3)32)7-10-27(34)19(2)29-28(35)16-26-24-9-8-22-15-23(37-21(4)33)11-13-30(22,5)25(24)12-14-31(26,29)6/h8,18-19,23-26,29H,7,9-17H2,1-6H3. The highest BCUT2D eigenvalue weighted by molar-refractivity contribution is 5.92. The summed E-state index contributed by atoms with van der Waals surface area (Å²) in [5, 5.41) is 0. The molecule has 4 aliphatic carbocycles. The largest absolute Gasteiger partial charge is 0.466 e. The van der Waals surface area contributed by atoms with Crippen LogP contribution >= 0.6 is 0 Å². The molecule has 0 saturated heterocycles. The summed E-state index contributed by atoms with van der Waals surface area (Å²) >= 11 is 0. The third-order valence-corrected chi connectivity index (χ3v) is 10.8. The van der Waals surface area contributed by atoms with Crippen LogP contribution in [0.2, 0.25) is 0 Å². The van der Waals surface area contributed by atoms with Crippen molar-refractivity contribution in [1.82, 2.24) is 0 Å². The van der Waals surface area contributed by atoms with E-state index in [0.717, 1.165) is 38.5 Å². The van der Waals surface area contributed by atoms with E-state index in [-0.39, 0.29) is 58.2 Å². The van der Waals surface area contributed by atoms with Crippen LogP contribution in [0.25, 0.3) is 0 Å². The zero-order chi connectivity index (χ0) is 27.1. The van der Waals surface area contributed by atoms with Crippen LogP contribution < -0.4 is 0 Å². The Hall–Kier alpha value is -1.98. The zero-order valence-corrected chi connectivity index (χ0v) is 23.6. The Morgan fingerprint density at radius 1 is 1.03 bits per heavy atom. The van der Waals surface area contributed by atoms with Gasteiger partial charge in [-0.1, -0.05) is 39.3 Å². The fourth-order valence-electron chi connectivity index (χ4n) is 8.79. The SMILES string of the molecule is CC(=O)OCC(C)CCC(=O)C(C)C1C(=O)CC2C3CC=C4CC(OC(C)=O)CCC4(C)C3CCC21C. The van der Waals surface area contributed by atoms with Gasteiger partial charge in [0.1, 0.15) is 17.7 Å². The van der Waals surface area contributed by atoms with Crippen molar-refractivity contribution in [3.8, 4) is 0 Å². The third kappa shape index (κ3) is 5.31. The maximum atomic E-state index is 13.5. The van der Waals surface area contributed by atoms with Crippen LogP contribution in [0.5, 0.6) is 0 Å². The van der Waals surface area contributed by atoms with Gasteiger partial charge in [-0.15, -0.1) is 0 Å². The first-order valence-electron chi connectivity index (χ1n) is 14.4. The smallest absolute Gasteiger partial charge is 0.302 e. The van der Waals surface area contributed by atoms with Crippen LogP contribution in [-0.4, -0.2) is 36.2 Å². The Balaban J connectivity index is 1.45. The molecule has 0 radical (unpaired) electrons. The van der Waals surface area contributed by atoms with Crippen LogP contribution in [0.3, 0.4) is 0 Å². The summed E-state index contributed by atoms with van der Waals surface area (Å²) in [6.07, 6.45) is 9.92. The lowest BCUT2D eigenvalue weighted by Gasteiger charge is -2.58. The van der Waals surface area contributed by atoms with Gasteiger partial charge in [-0.25, -0.2) is 0 Å². The number of fused-ring (bicyclic) bond motifs is 5. The molecule has 0 N–H and O–H groups in total. The van der Waals surface area contributed by atoms with E-state index in [1.165, 1.54) is 19.4 Å². The van der Waals surface area contributed by atoms with Crippen molar-refractivity contribution in [2.75, 3.05) is 6.61 Å². The molecule has 3 saturated carbocycles. The molecule has 0 bridgehead atoms. The van der Waals surface area contributed by atoms with Crippen LogP contribution in [0, 0.1) is 46.3 Å². The molecule has 0 aromatic heterocycles. The molecule has 0 aromatic carbocycles. The predicted octanol–water partition coefficient (Wildman–Crippen LogP) is 5.86. The van der Waals surface area contributed by atoms with Crippen molar-refractivity contribution in [2.45, 2.75) is 105 Å². The number of hydrogen-bond donors (Lipinski definition) is 0. The lowest BCUT2D eigenvalue weighted by atomic mass is 9.47. The number of rotatable bonds is 8. The number of carbonyl (C=O) groups excluding carboxylic acids is 4. The van der Waals surface area contributed by atoms with E-state index >= 15 is 0 Å². The number of hydrogen-bond acceptors (Lipinski definition) is 6. The second-order valence-corrected chi connectivity index (χ2v) is 13.1. The lowest BCUT2D eigenvalue weighted by Crippen LogP contribution is -2.51. The first-order chi connectivity index (χ1) is 17.4. The molecule has 0 spiro atoms. The Morgan fingerprint density at radius 3 is 2.43 bits per heavy atom. The quantitative estimate of drug-likeness (QED) is 0.298. The molecule has 9 unspecified atom stereocenters. The second kappa shape index (κ2) is 10.6. The topological polar surface area (TPSA) is 86.7 Å². The van der Waals surface area contributed by atoms with Crippen molar-refractivity contribution in [1.29, 1.82) is 0 Å². The van der Waals surface area contributed by atoms with Crippen LogP contribution in [0.15, 0.2) is 11.6 Å². The van der Waals surface area contributed by atoms with Crippen molar-refractivity contribution in [3.05, 3.63) is 11.6 Å². The van der Waals surface area contributed by atoms with Crippen molar-refractivity contribution >= 4 is 23.5 Å². The zero-order valence-electron chi connectivity index (χ0n) is 23.6. The number of Topliss-reactive ketones (excluding diaryl/α,β-unsaturated/α-hetero) is 2. The molecule has 4 aliphatic rings. The fourth-order valence-corrected chi connectivity index (χ4v) is 8.79. The van der Waals surface area contributed by atoms with E-state index in [0.29, 0.717) is 43.6 Å². The van der Waals surface area contributed by atoms with Crippen LogP contribution in [0.4, 0.5) is 0 Å². The third-order valence-electron chi connectivity index (χ3n) is 10.8. The Morgan fingerprint density at radius 2 is 1.76 bits per heavy atom. The molecule has 0 aliphatic heterocycles. The van der Waals surface area contributed by atoms with Gasteiger partial charge in [-0.05, 0) is 73.0 Å². The molecule has 0 heterocycles. The van der Waals surface area contributed by atoms with Crippen LogP contribution in [0.1, 0.15) is 99.3 Å². The number of carbonyl (C=O) groups is 4. The maximum absolute atomic E-state index is 13.5. The van der Waals surface area contributed by atoms with Gasteiger partial charge in [0, 0.05) is 44.9 Å². The molecule has 0 amide bonds. The summed E-state index contributed by atoms with van der Waals surface area (Å²) in [7, 11) is 0. The van der Waals surface area contributed by atoms with E-state index < -0.39 is 0 Å². The lowest BCUT2D eigenvalue weighted by molar-refractivity contribution is -0.149. The van der Waals surface area contributed by atoms with Gasteiger partial charge >= 0.3 is 11.9 Å². The predicted molar refractivity (Wildman–Crippen MR) is 140 cm³/mol. The van der Waals surface area contributed by atoms with Crippen molar-refractivity contribution in [2.24, 2.45) is 46.3 Å². The minimum absolute atomic E-state index is 0.0109. The molecule has 6 heteroatoms. The highest BCUT2D eigenvalue weighted by Gasteiger charge is 2.62. The molecule has 37 heavy (non-hydrogen) atoms. The van der Waals surface area contributed by atoms with Gasteiger partial charge in [0.15, 0.2) is 0 Å². The Bertz CT molecular complexity index is 967. The normalized spacial score (nSPS) is 38.4. The highest BCUT2D eigenvalue weighted by Crippen LogP contribution is 2.66. The van der Waals surface area contributed by atoms with Gasteiger partial charge in [-0.2, -0.15) is 0 Å². The summed E-state index contributed by atoms with van der Waals surface area (Å²) < 4.78 is 10.7. The number of allylic oxidation sites excluding steroid dienone is 1. The van der Waals surface area contributed by atoms with E-state index in [2.05, 4.69) is 19.9 Å². The summed E-state index contributed by atoms with van der Waals surface area (Å²) in [6.45, 7) is 11.9. The molecule has 0 aromatic rings. The first kappa shape index (κ1) is 28.0. The molecule has 6 nitrogen and oxygen atoms in total. The molecule has 9 atom stereocenters. The van der Waals surface area contributed by atoms with Gasteiger partial charge < -0.3 is 9.47 Å². The van der Waals surface area contributed by atoms with E-state index in [1.54, 1.807) is 0 Å². The summed E-state index contributed by atoms with van der Waals surface area (Å²) in [5.41, 5.74) is 1.43. The Kier molecular flexibility index (Phi) is 8.07. The summed E-state index contributed by atoms with van der Waals surface area (Å²) in [4.78, 5) is 49.4. The van der Waals surface area contributed by atoms with Crippen molar-refractivity contribution < 1.29 is 28.7 Å². The number of esters is 2. The minimum atomic E-state index is -0.298. The fraction of sp³-hybridized carbons (Fsp3) is 0.806. The molecule has 206 valence electrons. The van der Waals surface area contributed by atoms with Gasteiger partial charge in [0.05, 0.1) is 6.61 Å². The maximum Gasteiger partial charge on any atom is 0.302 e. The number of ether oxygens (including phenoxy) is 2. The monoisotopic (exact) mass is 514 g/mol. The van der Waals surface area contributed by atoms with Gasteiger partial charge in [0.25, 0.3) is 0 Å². The van der Waals surface area contributed by atoms with Gasteiger partial charge in [0.2, 0.25) is 0 Å². The summed E-state index contributed by atoms with van der Waals surface area (Å²) in [6, 6.07) is 0. The van der Waals surface area contributed by atoms with Crippen LogP contribution in [-0.2, 0) is 28.7 Å². The molecule has 4 rings (SSSR count). The van der Waals surface area contributed by atoms with E-state index in [1.807, 2.05) is 13.8 Å². The minimum Gasteiger partial charge on any atom is -0.466 e. The van der Waals surface area contributed by atoms with E-state index in [4.69, 9.17) is 9.47 Å².